The van der Waals surface area contributed by atoms with Crippen LogP contribution in [-0.2, 0) is 14.6 Å². The summed E-state index contributed by atoms with van der Waals surface area (Å²) >= 11 is 0. The fourth-order valence-corrected chi connectivity index (χ4v) is 9.25. The van der Waals surface area contributed by atoms with Crippen LogP contribution in [0.25, 0.3) is 0 Å². The zero-order valence-corrected chi connectivity index (χ0v) is 25.3. The molecule has 4 aliphatic carbocycles. The molecule has 0 saturated heterocycles. The largest absolute Gasteiger partial charge is 1.00 e. The van der Waals surface area contributed by atoms with E-state index in [9.17, 15) is 13.0 Å². The van der Waals surface area contributed by atoms with Crippen molar-refractivity contribution in [2.75, 3.05) is 0 Å². The van der Waals surface area contributed by atoms with Crippen molar-refractivity contribution in [3.8, 4) is 0 Å². The molecule has 0 aromatic rings. The molecule has 0 aromatic carbocycles. The minimum Gasteiger partial charge on any atom is -0.726 e. The van der Waals surface area contributed by atoms with Crippen LogP contribution < -0.4 is 29.6 Å². The maximum absolute atomic E-state index is 11.1. The second-order valence-corrected chi connectivity index (χ2v) is 13.7. The summed E-state index contributed by atoms with van der Waals surface area (Å²) in [5, 5.41) is 0. The van der Waals surface area contributed by atoms with Crippen LogP contribution in [-0.4, -0.2) is 19.1 Å². The third kappa shape index (κ3) is 5.45. The average molecular weight is 501 g/mol. The summed E-state index contributed by atoms with van der Waals surface area (Å²) in [6.45, 7) is 16.3. The SMILES string of the molecule is C=C(CCC(C)C1CCC2C3CC=C4CC(OS(=O)(=O)[O-])CCC4(C)C3CCC12C)C(C)C.[Na+]. The topological polar surface area (TPSA) is 66.4 Å². The standard InChI is InChI=1S/C28H46O4S.Na/c1-18(2)19(3)7-8-20(4)24-11-12-25-23-10-9-21-17-22(32-33(29,30)31)13-15-27(21,5)26(23)14-16-28(24,25)6;/h9,18,20,22-26H,3,7-8,10-17H2,1-2,4-6H3,(H,29,30,31);/q;+1/p-1. The summed E-state index contributed by atoms with van der Waals surface area (Å²) in [4.78, 5) is 0. The van der Waals surface area contributed by atoms with Crippen molar-refractivity contribution in [3.05, 3.63) is 23.8 Å². The van der Waals surface area contributed by atoms with Crippen LogP contribution in [0.2, 0.25) is 0 Å². The molecule has 0 spiro atoms. The van der Waals surface area contributed by atoms with Gasteiger partial charge in [0.2, 0.25) is 10.4 Å². The maximum atomic E-state index is 11.1. The van der Waals surface area contributed by atoms with Crippen LogP contribution in [0.15, 0.2) is 23.8 Å². The van der Waals surface area contributed by atoms with E-state index in [0.29, 0.717) is 30.1 Å². The van der Waals surface area contributed by atoms with Gasteiger partial charge < -0.3 is 4.55 Å². The molecule has 8 atom stereocenters. The number of allylic oxidation sites excluding steroid dienone is 2. The van der Waals surface area contributed by atoms with Gasteiger partial charge >= 0.3 is 29.6 Å². The molecule has 0 aliphatic heterocycles. The molecule has 0 radical (unpaired) electrons. The first-order valence-electron chi connectivity index (χ1n) is 13.4. The van der Waals surface area contributed by atoms with Crippen molar-refractivity contribution in [1.29, 1.82) is 0 Å². The minimum atomic E-state index is -4.64. The fraction of sp³-hybridized carbons (Fsp3) is 0.857. The van der Waals surface area contributed by atoms with Gasteiger partial charge in [-0.25, -0.2) is 8.42 Å². The van der Waals surface area contributed by atoms with Gasteiger partial charge in [-0.15, -0.1) is 0 Å². The molecule has 0 N–H and O–H groups in total. The van der Waals surface area contributed by atoms with E-state index < -0.39 is 16.5 Å². The number of hydrogen-bond donors (Lipinski definition) is 0. The molecule has 34 heavy (non-hydrogen) atoms. The fourth-order valence-electron chi connectivity index (χ4n) is 8.75. The van der Waals surface area contributed by atoms with Crippen LogP contribution in [0, 0.1) is 46.3 Å². The van der Waals surface area contributed by atoms with Gasteiger partial charge in [-0.2, -0.15) is 0 Å². The van der Waals surface area contributed by atoms with E-state index in [0.717, 1.165) is 42.9 Å². The molecule has 4 rings (SSSR count). The predicted octanol–water partition coefficient (Wildman–Crippen LogP) is 4.04. The first-order chi connectivity index (χ1) is 15.3. The Labute approximate surface area is 231 Å². The van der Waals surface area contributed by atoms with Gasteiger partial charge in [0.05, 0.1) is 6.10 Å². The molecule has 3 fully saturated rings. The molecular formula is C28H45NaO4S. The van der Waals surface area contributed by atoms with Gasteiger partial charge in [-0.3, -0.25) is 4.18 Å². The molecule has 6 heteroatoms. The first-order valence-corrected chi connectivity index (χ1v) is 14.7. The van der Waals surface area contributed by atoms with Gasteiger partial charge in [0.1, 0.15) is 0 Å². The third-order valence-electron chi connectivity index (χ3n) is 10.8. The zero-order chi connectivity index (χ0) is 24.2. The van der Waals surface area contributed by atoms with Crippen molar-refractivity contribution in [3.63, 3.8) is 0 Å². The maximum Gasteiger partial charge on any atom is 1.00 e. The third-order valence-corrected chi connectivity index (χ3v) is 11.3. The van der Waals surface area contributed by atoms with Gasteiger partial charge in [-0.05, 0) is 111 Å². The molecule has 0 amide bonds. The number of rotatable bonds is 7. The van der Waals surface area contributed by atoms with Gasteiger partial charge in [0, 0.05) is 0 Å². The molecule has 0 aromatic heterocycles. The normalized spacial score (nSPS) is 40.4. The van der Waals surface area contributed by atoms with Crippen molar-refractivity contribution in [2.24, 2.45) is 46.3 Å². The summed E-state index contributed by atoms with van der Waals surface area (Å²) in [5.41, 5.74) is 3.32. The van der Waals surface area contributed by atoms with Crippen LogP contribution in [0.5, 0.6) is 0 Å². The van der Waals surface area contributed by atoms with Crippen molar-refractivity contribution < 1.29 is 46.7 Å². The molecule has 4 aliphatic rings. The monoisotopic (exact) mass is 500 g/mol. The Morgan fingerprint density at radius 1 is 1.15 bits per heavy atom. The van der Waals surface area contributed by atoms with Gasteiger partial charge in [0.15, 0.2) is 0 Å². The molecule has 188 valence electrons. The van der Waals surface area contributed by atoms with Crippen LogP contribution in [0.4, 0.5) is 0 Å². The summed E-state index contributed by atoms with van der Waals surface area (Å²) < 4.78 is 38.2. The van der Waals surface area contributed by atoms with Crippen molar-refractivity contribution in [2.45, 2.75) is 105 Å². The van der Waals surface area contributed by atoms with E-state index >= 15 is 0 Å². The second-order valence-electron chi connectivity index (χ2n) is 12.7. The molecule has 8 unspecified atom stereocenters. The molecular weight excluding hydrogens is 455 g/mol. The van der Waals surface area contributed by atoms with Crippen molar-refractivity contribution in [1.82, 2.24) is 0 Å². The summed E-state index contributed by atoms with van der Waals surface area (Å²) in [7, 11) is -4.64. The Kier molecular flexibility index (Phi) is 9.02. The van der Waals surface area contributed by atoms with E-state index in [2.05, 4.69) is 47.3 Å². The van der Waals surface area contributed by atoms with Crippen molar-refractivity contribution >= 4 is 10.4 Å². The first kappa shape index (κ1) is 28.9. The minimum absolute atomic E-state index is 0. The Balaban J connectivity index is 0.00000324. The number of hydrogen-bond acceptors (Lipinski definition) is 4. The van der Waals surface area contributed by atoms with Gasteiger partial charge in [0.25, 0.3) is 0 Å². The van der Waals surface area contributed by atoms with Crippen LogP contribution in [0.1, 0.15) is 98.8 Å². The molecule has 4 nitrogen and oxygen atoms in total. The predicted molar refractivity (Wildman–Crippen MR) is 132 cm³/mol. The van der Waals surface area contributed by atoms with E-state index in [1.54, 1.807) is 0 Å². The van der Waals surface area contributed by atoms with Crippen LogP contribution >= 0.6 is 0 Å². The Bertz CT molecular complexity index is 896. The summed E-state index contributed by atoms with van der Waals surface area (Å²) in [6.07, 6.45) is 13.0. The van der Waals surface area contributed by atoms with E-state index in [1.165, 1.54) is 43.3 Å². The van der Waals surface area contributed by atoms with Crippen LogP contribution in [0.3, 0.4) is 0 Å². The summed E-state index contributed by atoms with van der Waals surface area (Å²) in [5.74, 6) is 4.35. The molecule has 0 heterocycles. The smallest absolute Gasteiger partial charge is 0.726 e. The van der Waals surface area contributed by atoms with Gasteiger partial charge in [-0.1, -0.05) is 58.4 Å². The molecule has 3 saturated carbocycles. The average Bonchev–Trinajstić information content (AvgIpc) is 3.08. The summed E-state index contributed by atoms with van der Waals surface area (Å²) in [6, 6.07) is 0. The zero-order valence-electron chi connectivity index (χ0n) is 22.4. The quantitative estimate of drug-likeness (QED) is 0.229. The number of fused-ring (bicyclic) bond motifs is 5. The Hall–Kier alpha value is 0.350. The van der Waals surface area contributed by atoms with E-state index in [4.69, 9.17) is 4.18 Å². The van der Waals surface area contributed by atoms with E-state index in [-0.39, 0.29) is 35.0 Å². The van der Waals surface area contributed by atoms with E-state index in [1.807, 2.05) is 0 Å². The second kappa shape index (κ2) is 10.6. The Morgan fingerprint density at radius 2 is 1.85 bits per heavy atom. The molecule has 0 bridgehead atoms. The Morgan fingerprint density at radius 3 is 2.50 bits per heavy atom.